The summed E-state index contributed by atoms with van der Waals surface area (Å²) in [6.07, 6.45) is 0. The Morgan fingerprint density at radius 1 is 0.255 bits per heavy atom. The Morgan fingerprint density at radius 2 is 0.553 bits per heavy atom. The van der Waals surface area contributed by atoms with E-state index in [9.17, 15) is 0 Å². The van der Waals surface area contributed by atoms with Crippen LogP contribution in [-0.4, -0.2) is 6.71 Å². The van der Waals surface area contributed by atoms with E-state index in [2.05, 4.69) is 368 Å². The maximum absolute atomic E-state index is 2.74. The van der Waals surface area contributed by atoms with E-state index < -0.39 is 0 Å². The Kier molecular flexibility index (Phi) is 15.4. The molecule has 0 aromatic heterocycles. The molecule has 0 amide bonds. The molecule has 14 rings (SSSR count). The number of anilines is 6. The Morgan fingerprint density at radius 3 is 0.883 bits per heavy atom. The molecule has 0 N–H and O–H groups in total. The van der Waals surface area contributed by atoms with Gasteiger partial charge in [0.2, 0.25) is 0 Å². The molecule has 0 bridgehead atoms. The van der Waals surface area contributed by atoms with Crippen molar-refractivity contribution < 1.29 is 0 Å². The van der Waals surface area contributed by atoms with Crippen LogP contribution in [0.3, 0.4) is 0 Å². The first-order chi connectivity index (χ1) is 44.9. The Labute approximate surface area is 560 Å². The molecule has 0 spiro atoms. The number of benzene rings is 12. The van der Waals surface area contributed by atoms with Gasteiger partial charge in [0.1, 0.15) is 0 Å². The van der Waals surface area contributed by atoms with Gasteiger partial charge >= 0.3 is 0 Å². The van der Waals surface area contributed by atoms with Crippen molar-refractivity contribution in [1.29, 1.82) is 0 Å². The number of nitrogens with zero attached hydrogens (tertiary/aromatic N) is 2. The minimum atomic E-state index is -0.190. The van der Waals surface area contributed by atoms with Crippen molar-refractivity contribution in [3.8, 4) is 77.9 Å². The highest BCUT2D eigenvalue weighted by Gasteiger charge is 2.46. The summed E-state index contributed by atoms with van der Waals surface area (Å²) >= 11 is 0. The molecule has 0 unspecified atom stereocenters. The third kappa shape index (κ3) is 11.2. The molecule has 464 valence electrons. The standard InChI is InChI=1S/C91H87BN2/c1-58-45-59(2)84(60(3)46-58)69-51-82-85-83(52-69)94(87-76(64-37-27-19-28-38-64)56-73(91(13,14)15)57-77(87)65-39-29-20-30-40-65)81-50-67(68-47-70(88(4,5)6)53-71(48-68)89(7,8)9)42-44-79(81)92(85)78-43-41-66(61-31-21-16-22-32-61)49-80(78)93(82)86-74(62-33-23-17-24-34-62)54-72(90(10,11)12)55-75(86)63-35-25-18-26-36-63/h16-57H,1-15H3. The normalized spacial score (nSPS) is 13.0. The first kappa shape index (κ1) is 61.8. The van der Waals surface area contributed by atoms with Crippen molar-refractivity contribution in [3.63, 3.8) is 0 Å². The SMILES string of the molecule is Cc1cc(C)c(-c2cc3c4c(c2)N(c2c(-c5ccccc5)cc(C(C)(C)C)cc2-c2ccccc2)c2cc(-c5cc(C(C)(C)C)cc(C(C)(C)C)c5)ccc2B4c2ccc(-c4ccccc4)cc2N3c2c(-c3ccccc3)cc(C(C)(C)C)cc2-c2ccccc2)c(C)c1. The molecule has 12 aromatic carbocycles. The molecule has 2 aliphatic rings. The molecule has 3 heteroatoms. The zero-order chi connectivity index (χ0) is 65.8. The van der Waals surface area contributed by atoms with Crippen LogP contribution >= 0.6 is 0 Å². The highest BCUT2D eigenvalue weighted by Crippen LogP contribution is 2.56. The summed E-state index contributed by atoms with van der Waals surface area (Å²) in [6, 6.07) is 98.1. The predicted molar refractivity (Wildman–Crippen MR) is 408 cm³/mol. The van der Waals surface area contributed by atoms with Gasteiger partial charge in [-0.3, -0.25) is 0 Å². The summed E-state index contributed by atoms with van der Waals surface area (Å²) in [4.78, 5) is 5.46. The molecule has 0 fully saturated rings. The number of aryl methyl sites for hydroxylation is 3. The fraction of sp³-hybridized carbons (Fsp3) is 0.209. The first-order valence-electron chi connectivity index (χ1n) is 33.8. The molecule has 0 saturated heterocycles. The summed E-state index contributed by atoms with van der Waals surface area (Å²) in [7, 11) is 0. The average Bonchev–Trinajstić information content (AvgIpc) is 0.687. The van der Waals surface area contributed by atoms with Gasteiger partial charge in [-0.1, -0.05) is 295 Å². The van der Waals surface area contributed by atoms with Gasteiger partial charge in [0, 0.05) is 45.0 Å². The lowest BCUT2D eigenvalue weighted by Crippen LogP contribution is -2.61. The predicted octanol–water partition coefficient (Wildman–Crippen LogP) is 23.6. The van der Waals surface area contributed by atoms with Gasteiger partial charge < -0.3 is 9.80 Å². The summed E-state index contributed by atoms with van der Waals surface area (Å²) in [5, 5.41) is 0. The molecule has 0 atom stereocenters. The third-order valence-corrected chi connectivity index (χ3v) is 19.9. The second-order valence-corrected chi connectivity index (χ2v) is 30.8. The van der Waals surface area contributed by atoms with E-state index in [0.717, 1.165) is 28.4 Å². The van der Waals surface area contributed by atoms with Crippen LogP contribution in [0.4, 0.5) is 34.1 Å². The van der Waals surface area contributed by atoms with Crippen molar-refractivity contribution in [1.82, 2.24) is 0 Å². The average molecular weight is 1220 g/mol. The summed E-state index contributed by atoms with van der Waals surface area (Å²) in [6.45, 7) is 34.9. The Bertz CT molecular complexity index is 4700. The van der Waals surface area contributed by atoms with Crippen molar-refractivity contribution in [2.24, 2.45) is 0 Å². The molecule has 0 aliphatic carbocycles. The molecule has 2 heterocycles. The molecular formula is C91H87BN2. The van der Waals surface area contributed by atoms with Crippen LogP contribution in [0.25, 0.3) is 77.9 Å². The topological polar surface area (TPSA) is 6.48 Å². The monoisotopic (exact) mass is 1220 g/mol. The highest BCUT2D eigenvalue weighted by atomic mass is 15.2. The van der Waals surface area contributed by atoms with E-state index in [0.29, 0.717) is 0 Å². The van der Waals surface area contributed by atoms with E-state index in [1.54, 1.807) is 0 Å². The molecular weight excluding hydrogens is 1130 g/mol. The van der Waals surface area contributed by atoms with Gasteiger partial charge in [-0.25, -0.2) is 0 Å². The minimum Gasteiger partial charge on any atom is -0.310 e. The second kappa shape index (κ2) is 23.4. The fourth-order valence-electron chi connectivity index (χ4n) is 14.9. The summed E-state index contributed by atoms with van der Waals surface area (Å²) < 4.78 is 0. The number of hydrogen-bond donors (Lipinski definition) is 0. The molecule has 94 heavy (non-hydrogen) atoms. The highest BCUT2D eigenvalue weighted by molar-refractivity contribution is 7.00. The van der Waals surface area contributed by atoms with Crippen LogP contribution in [-0.2, 0) is 21.7 Å². The minimum absolute atomic E-state index is 0.0810. The lowest BCUT2D eigenvalue weighted by molar-refractivity contribution is 0.569. The zero-order valence-electron chi connectivity index (χ0n) is 57.7. The van der Waals surface area contributed by atoms with E-state index in [1.165, 1.54) is 139 Å². The van der Waals surface area contributed by atoms with Crippen molar-refractivity contribution >= 4 is 57.2 Å². The fourth-order valence-corrected chi connectivity index (χ4v) is 14.9. The van der Waals surface area contributed by atoms with Crippen LogP contribution in [0.5, 0.6) is 0 Å². The maximum Gasteiger partial charge on any atom is 0.252 e. The summed E-state index contributed by atoms with van der Waals surface area (Å²) in [5.41, 5.74) is 35.8. The van der Waals surface area contributed by atoms with Crippen molar-refractivity contribution in [3.05, 3.63) is 294 Å². The molecule has 0 saturated carbocycles. The molecule has 12 aromatic rings. The van der Waals surface area contributed by atoms with Crippen molar-refractivity contribution in [2.75, 3.05) is 9.80 Å². The third-order valence-electron chi connectivity index (χ3n) is 19.9. The van der Waals surface area contributed by atoms with Crippen molar-refractivity contribution in [2.45, 2.75) is 126 Å². The zero-order valence-corrected chi connectivity index (χ0v) is 57.7. The first-order valence-corrected chi connectivity index (χ1v) is 33.8. The van der Waals surface area contributed by atoms with Crippen LogP contribution in [0.15, 0.2) is 255 Å². The smallest absolute Gasteiger partial charge is 0.252 e. The summed E-state index contributed by atoms with van der Waals surface area (Å²) in [5.74, 6) is 0. The van der Waals surface area contributed by atoms with Crippen LogP contribution < -0.4 is 26.2 Å². The number of fused-ring (bicyclic) bond motifs is 4. The van der Waals surface area contributed by atoms with E-state index >= 15 is 0 Å². The van der Waals surface area contributed by atoms with Gasteiger partial charge in [-0.2, -0.15) is 0 Å². The van der Waals surface area contributed by atoms with E-state index in [-0.39, 0.29) is 28.4 Å². The Hall–Kier alpha value is -9.70. The lowest BCUT2D eigenvalue weighted by Gasteiger charge is -2.46. The number of rotatable bonds is 9. The van der Waals surface area contributed by atoms with Gasteiger partial charge in [-0.05, 0) is 196 Å². The largest absolute Gasteiger partial charge is 0.310 e. The van der Waals surface area contributed by atoms with Gasteiger partial charge in [0.05, 0.1) is 11.4 Å². The molecule has 2 aliphatic heterocycles. The van der Waals surface area contributed by atoms with Crippen LogP contribution in [0.1, 0.15) is 122 Å². The number of hydrogen-bond acceptors (Lipinski definition) is 2. The van der Waals surface area contributed by atoms with E-state index in [1.807, 2.05) is 0 Å². The molecule has 2 nitrogen and oxygen atoms in total. The van der Waals surface area contributed by atoms with E-state index in [4.69, 9.17) is 0 Å². The van der Waals surface area contributed by atoms with Crippen LogP contribution in [0, 0.1) is 20.8 Å². The maximum atomic E-state index is 2.74. The second-order valence-electron chi connectivity index (χ2n) is 30.8. The van der Waals surface area contributed by atoms with Gasteiger partial charge in [0.15, 0.2) is 0 Å². The lowest BCUT2D eigenvalue weighted by atomic mass is 9.33. The Balaban J connectivity index is 1.22. The van der Waals surface area contributed by atoms with Gasteiger partial charge in [-0.15, -0.1) is 0 Å². The van der Waals surface area contributed by atoms with Gasteiger partial charge in [0.25, 0.3) is 6.71 Å². The quantitative estimate of drug-likeness (QED) is 0.133. The van der Waals surface area contributed by atoms with Crippen LogP contribution in [0.2, 0.25) is 0 Å². The molecule has 0 radical (unpaired) electrons.